The Kier molecular flexibility index (Phi) is 5.83. The van der Waals surface area contributed by atoms with Gasteiger partial charge in [-0.15, -0.1) is 0 Å². The van der Waals surface area contributed by atoms with E-state index in [1.165, 1.54) is 11.1 Å². The standard InChI is InChI=1S/C27H29N3O2/c1-5-22-20-15-18(2)17-27(22,23-12-13-25(31)29-24(23)16-20)28-14-8-10-19-9-6-7-11-21(19)26(32)30(3)4/h5-15,20H,16-17H2,1-4H3,(H,29,31)/b10-8+,22-5+,28-14+. The molecule has 0 fully saturated rings. The average molecular weight is 428 g/mol. The van der Waals surface area contributed by atoms with E-state index in [-0.39, 0.29) is 17.4 Å². The third-order valence-corrected chi connectivity index (χ3v) is 6.33. The summed E-state index contributed by atoms with van der Waals surface area (Å²) >= 11 is 0. The first-order valence-corrected chi connectivity index (χ1v) is 10.9. The van der Waals surface area contributed by atoms with Gasteiger partial charge in [-0.2, -0.15) is 0 Å². The van der Waals surface area contributed by atoms with Crippen molar-refractivity contribution < 1.29 is 4.79 Å². The van der Waals surface area contributed by atoms with Crippen molar-refractivity contribution in [2.45, 2.75) is 32.2 Å². The van der Waals surface area contributed by atoms with Crippen LogP contribution in [-0.2, 0) is 12.0 Å². The summed E-state index contributed by atoms with van der Waals surface area (Å²) in [6.07, 6.45) is 11.7. The molecule has 0 radical (unpaired) electrons. The maximum Gasteiger partial charge on any atom is 0.253 e. The molecule has 1 amide bonds. The summed E-state index contributed by atoms with van der Waals surface area (Å²) in [6.45, 7) is 4.22. The van der Waals surface area contributed by atoms with E-state index in [0.717, 1.165) is 29.7 Å². The Hall–Kier alpha value is -3.47. The number of rotatable bonds is 4. The van der Waals surface area contributed by atoms with Crippen molar-refractivity contribution >= 4 is 18.2 Å². The predicted molar refractivity (Wildman–Crippen MR) is 130 cm³/mol. The highest BCUT2D eigenvalue weighted by Gasteiger charge is 2.46. The summed E-state index contributed by atoms with van der Waals surface area (Å²) < 4.78 is 0. The molecular formula is C27H29N3O2. The molecule has 5 heteroatoms. The monoisotopic (exact) mass is 427 g/mol. The quantitative estimate of drug-likeness (QED) is 0.576. The zero-order chi connectivity index (χ0) is 22.9. The molecule has 164 valence electrons. The van der Waals surface area contributed by atoms with E-state index in [1.807, 2.05) is 48.7 Å². The summed E-state index contributed by atoms with van der Waals surface area (Å²) in [6, 6.07) is 11.1. The number of amides is 1. The van der Waals surface area contributed by atoms with Crippen LogP contribution in [0.3, 0.4) is 0 Å². The number of nitrogens with one attached hydrogen (secondary N) is 1. The molecule has 2 bridgehead atoms. The molecule has 2 aromatic rings. The molecule has 1 aromatic heterocycles. The molecule has 2 unspecified atom stereocenters. The number of pyridine rings is 1. The van der Waals surface area contributed by atoms with Crippen LogP contribution in [0.1, 0.15) is 47.4 Å². The van der Waals surface area contributed by atoms with Crippen molar-refractivity contribution in [2.24, 2.45) is 10.9 Å². The first kappa shape index (κ1) is 21.8. The Morgan fingerprint density at radius 2 is 2.00 bits per heavy atom. The molecule has 0 spiro atoms. The summed E-state index contributed by atoms with van der Waals surface area (Å²) in [7, 11) is 3.50. The van der Waals surface area contributed by atoms with Gasteiger partial charge in [0, 0.05) is 55.5 Å². The molecule has 2 atom stereocenters. The Labute approximate surface area is 188 Å². The summed E-state index contributed by atoms with van der Waals surface area (Å²) in [5, 5.41) is 0. The van der Waals surface area contributed by atoms with Gasteiger partial charge in [0.2, 0.25) is 5.56 Å². The molecule has 5 nitrogen and oxygen atoms in total. The van der Waals surface area contributed by atoms with Crippen LogP contribution in [0.15, 0.2) is 75.6 Å². The summed E-state index contributed by atoms with van der Waals surface area (Å²) in [5.41, 5.74) is 5.54. The molecule has 1 N–H and O–H groups in total. The highest BCUT2D eigenvalue weighted by atomic mass is 16.2. The lowest BCUT2D eigenvalue weighted by molar-refractivity contribution is 0.0827. The Balaban J connectivity index is 1.74. The number of allylic oxidation sites excluding steroid dienone is 3. The highest BCUT2D eigenvalue weighted by Crippen LogP contribution is 2.51. The van der Waals surface area contributed by atoms with Gasteiger partial charge in [0.1, 0.15) is 5.54 Å². The third-order valence-electron chi connectivity index (χ3n) is 6.33. The summed E-state index contributed by atoms with van der Waals surface area (Å²) in [4.78, 5) is 34.2. The van der Waals surface area contributed by atoms with Gasteiger partial charge in [0.15, 0.2) is 0 Å². The van der Waals surface area contributed by atoms with Crippen LogP contribution in [0.2, 0.25) is 0 Å². The number of hydrogen-bond acceptors (Lipinski definition) is 3. The number of H-pyrrole nitrogens is 1. The maximum atomic E-state index is 12.5. The highest BCUT2D eigenvalue weighted by molar-refractivity contribution is 5.98. The number of benzene rings is 1. The number of aromatic amines is 1. The molecular weight excluding hydrogens is 398 g/mol. The SMILES string of the molecule is C/C=C1\C2C=C(C)CC1(/N=C/C=C/c1ccccc1C(=O)N(C)C)c1ccc(=O)[nH]c1C2. The van der Waals surface area contributed by atoms with E-state index < -0.39 is 5.54 Å². The van der Waals surface area contributed by atoms with Crippen LogP contribution in [0.4, 0.5) is 0 Å². The molecule has 0 saturated carbocycles. The Bertz CT molecular complexity index is 1230. The zero-order valence-electron chi connectivity index (χ0n) is 19.1. The van der Waals surface area contributed by atoms with Crippen LogP contribution >= 0.6 is 0 Å². The van der Waals surface area contributed by atoms with Gasteiger partial charge >= 0.3 is 0 Å². The van der Waals surface area contributed by atoms with Crippen molar-refractivity contribution in [2.75, 3.05) is 14.1 Å². The van der Waals surface area contributed by atoms with E-state index in [1.54, 1.807) is 25.1 Å². The van der Waals surface area contributed by atoms with Gasteiger partial charge in [-0.3, -0.25) is 14.6 Å². The predicted octanol–water partition coefficient (Wildman–Crippen LogP) is 4.52. The van der Waals surface area contributed by atoms with Crippen molar-refractivity contribution in [1.82, 2.24) is 9.88 Å². The van der Waals surface area contributed by atoms with Crippen molar-refractivity contribution in [3.8, 4) is 0 Å². The van der Waals surface area contributed by atoms with Crippen LogP contribution in [0, 0.1) is 5.92 Å². The molecule has 1 aromatic carbocycles. The van der Waals surface area contributed by atoms with E-state index >= 15 is 0 Å². The molecule has 0 aliphatic heterocycles. The van der Waals surface area contributed by atoms with Gasteiger partial charge in [-0.25, -0.2) is 0 Å². The van der Waals surface area contributed by atoms with Gasteiger partial charge in [-0.1, -0.05) is 42.0 Å². The fraction of sp³-hybridized carbons (Fsp3) is 0.296. The van der Waals surface area contributed by atoms with Crippen LogP contribution in [0.25, 0.3) is 6.08 Å². The van der Waals surface area contributed by atoms with E-state index in [4.69, 9.17) is 4.99 Å². The smallest absolute Gasteiger partial charge is 0.253 e. The number of carbonyl (C=O) groups is 1. The molecule has 2 aliphatic rings. The molecule has 32 heavy (non-hydrogen) atoms. The molecule has 2 aliphatic carbocycles. The van der Waals surface area contributed by atoms with E-state index in [9.17, 15) is 9.59 Å². The number of nitrogens with zero attached hydrogens (tertiary/aromatic N) is 2. The Morgan fingerprint density at radius 3 is 2.75 bits per heavy atom. The lowest BCUT2D eigenvalue weighted by Gasteiger charge is -2.45. The van der Waals surface area contributed by atoms with Gasteiger partial charge in [-0.05, 0) is 49.6 Å². The van der Waals surface area contributed by atoms with E-state index in [2.05, 4.69) is 31.0 Å². The minimum Gasteiger partial charge on any atom is -0.345 e. The lowest BCUT2D eigenvalue weighted by Crippen LogP contribution is -2.40. The molecule has 4 rings (SSSR count). The second-order valence-corrected chi connectivity index (χ2v) is 8.74. The van der Waals surface area contributed by atoms with Crippen LogP contribution in [-0.4, -0.2) is 36.1 Å². The maximum absolute atomic E-state index is 12.5. The largest absolute Gasteiger partial charge is 0.345 e. The summed E-state index contributed by atoms with van der Waals surface area (Å²) in [5.74, 6) is 0.205. The van der Waals surface area contributed by atoms with Crippen LogP contribution in [0.5, 0.6) is 0 Å². The zero-order valence-corrected chi connectivity index (χ0v) is 19.1. The normalized spacial score (nSPS) is 23.4. The minimum absolute atomic E-state index is 0.0296. The molecule has 1 heterocycles. The number of carbonyl (C=O) groups excluding carboxylic acids is 1. The average Bonchev–Trinajstić information content (AvgIpc) is 2.75. The second kappa shape index (κ2) is 8.58. The first-order valence-electron chi connectivity index (χ1n) is 10.9. The van der Waals surface area contributed by atoms with E-state index in [0.29, 0.717) is 5.56 Å². The number of aliphatic imine (C=N–C) groups is 1. The second-order valence-electron chi connectivity index (χ2n) is 8.74. The third kappa shape index (κ3) is 3.79. The topological polar surface area (TPSA) is 65.5 Å². The fourth-order valence-corrected chi connectivity index (χ4v) is 5.05. The van der Waals surface area contributed by atoms with Crippen molar-refractivity contribution in [1.29, 1.82) is 0 Å². The number of aromatic nitrogens is 1. The van der Waals surface area contributed by atoms with Gasteiger partial charge in [0.25, 0.3) is 5.91 Å². The minimum atomic E-state index is -0.515. The fourth-order valence-electron chi connectivity index (χ4n) is 5.05. The molecule has 0 saturated heterocycles. The van der Waals surface area contributed by atoms with Crippen LogP contribution < -0.4 is 5.56 Å². The lowest BCUT2D eigenvalue weighted by atomic mass is 9.63. The number of fused-ring (bicyclic) bond motifs is 4. The van der Waals surface area contributed by atoms with Crippen molar-refractivity contribution in [3.05, 3.63) is 98.5 Å². The number of hydrogen-bond donors (Lipinski definition) is 1. The first-order chi connectivity index (χ1) is 15.4. The van der Waals surface area contributed by atoms with Gasteiger partial charge < -0.3 is 9.88 Å². The van der Waals surface area contributed by atoms with Crippen molar-refractivity contribution in [3.63, 3.8) is 0 Å². The Morgan fingerprint density at radius 1 is 1.22 bits per heavy atom. The van der Waals surface area contributed by atoms with Gasteiger partial charge in [0.05, 0.1) is 0 Å².